The Labute approximate surface area is 161 Å². The lowest BCUT2D eigenvalue weighted by Gasteiger charge is -2.28. The number of hydrogen-bond donors (Lipinski definition) is 0. The molecule has 1 amide bonds. The van der Waals surface area contributed by atoms with Crippen LogP contribution in [0.25, 0.3) is 11.1 Å². The van der Waals surface area contributed by atoms with E-state index in [0.717, 1.165) is 48.6 Å². The van der Waals surface area contributed by atoms with Crippen LogP contribution in [-0.4, -0.2) is 67.3 Å². The van der Waals surface area contributed by atoms with Crippen LogP contribution in [0.2, 0.25) is 0 Å². The molecule has 1 saturated heterocycles. The molecule has 0 aliphatic carbocycles. The molecule has 1 fully saturated rings. The smallest absolute Gasteiger partial charge is 0.236 e. The van der Waals surface area contributed by atoms with Crippen molar-refractivity contribution >= 4 is 5.91 Å². The number of benzene rings is 1. The lowest BCUT2D eigenvalue weighted by Crippen LogP contribution is -2.44. The first-order valence-corrected chi connectivity index (χ1v) is 9.50. The Morgan fingerprint density at radius 2 is 2.11 bits per heavy atom. The van der Waals surface area contributed by atoms with Gasteiger partial charge < -0.3 is 14.2 Å². The Bertz CT molecular complexity index is 759. The van der Waals surface area contributed by atoms with E-state index in [-0.39, 0.29) is 5.91 Å². The molecule has 6 nitrogen and oxygen atoms in total. The molecule has 0 radical (unpaired) electrons. The Kier molecular flexibility index (Phi) is 6.29. The van der Waals surface area contributed by atoms with E-state index < -0.39 is 0 Å². The minimum atomic E-state index is 0.131. The van der Waals surface area contributed by atoms with Crippen molar-refractivity contribution in [3.8, 4) is 11.1 Å². The maximum atomic E-state index is 12.2. The highest BCUT2D eigenvalue weighted by Gasteiger charge is 2.25. The van der Waals surface area contributed by atoms with Gasteiger partial charge in [-0.15, -0.1) is 0 Å². The highest BCUT2D eigenvalue weighted by Crippen LogP contribution is 2.27. The number of amides is 1. The van der Waals surface area contributed by atoms with E-state index in [0.29, 0.717) is 19.2 Å². The molecule has 1 aliphatic rings. The van der Waals surface area contributed by atoms with Crippen molar-refractivity contribution in [1.29, 1.82) is 0 Å². The van der Waals surface area contributed by atoms with Crippen LogP contribution < -0.4 is 0 Å². The van der Waals surface area contributed by atoms with Crippen molar-refractivity contribution in [3.05, 3.63) is 41.3 Å². The quantitative estimate of drug-likeness (QED) is 0.749. The number of carbonyl (C=O) groups excluding carboxylic acids is 1. The molecular formula is C21H29N3O3. The van der Waals surface area contributed by atoms with Gasteiger partial charge >= 0.3 is 0 Å². The van der Waals surface area contributed by atoms with Crippen LogP contribution in [0, 0.1) is 13.8 Å². The molecule has 0 saturated carbocycles. The highest BCUT2D eigenvalue weighted by atomic mass is 16.5. The summed E-state index contributed by atoms with van der Waals surface area (Å²) in [6.45, 7) is 6.66. The van der Waals surface area contributed by atoms with E-state index in [1.54, 1.807) is 19.0 Å². The van der Waals surface area contributed by atoms with Crippen LogP contribution in [0.3, 0.4) is 0 Å². The van der Waals surface area contributed by atoms with E-state index in [1.165, 1.54) is 5.56 Å². The predicted octanol–water partition coefficient (Wildman–Crippen LogP) is 2.68. The second-order valence-corrected chi connectivity index (χ2v) is 7.43. The van der Waals surface area contributed by atoms with Gasteiger partial charge in [0.15, 0.2) is 0 Å². The number of likely N-dealkylation sites (N-methyl/N-ethyl adjacent to an activating group) is 1. The number of rotatable bonds is 7. The number of nitrogens with zero attached hydrogens (tertiary/aromatic N) is 3. The van der Waals surface area contributed by atoms with Crippen LogP contribution >= 0.6 is 0 Å². The molecule has 3 rings (SSSR count). The summed E-state index contributed by atoms with van der Waals surface area (Å²) in [5.74, 6) is 0.970. The summed E-state index contributed by atoms with van der Waals surface area (Å²) in [5.41, 5.74) is 4.35. The molecule has 1 aromatic carbocycles. The average molecular weight is 371 g/mol. The first-order valence-electron chi connectivity index (χ1n) is 9.50. The molecule has 27 heavy (non-hydrogen) atoms. The minimum absolute atomic E-state index is 0.131. The van der Waals surface area contributed by atoms with Gasteiger partial charge in [-0.05, 0) is 37.8 Å². The molecule has 1 aliphatic heterocycles. The number of aryl methyl sites for hydroxylation is 2. The Morgan fingerprint density at radius 3 is 2.74 bits per heavy atom. The molecule has 0 N–H and O–H groups in total. The molecule has 1 aromatic heterocycles. The summed E-state index contributed by atoms with van der Waals surface area (Å²) >= 11 is 0. The topological polar surface area (TPSA) is 58.8 Å². The predicted molar refractivity (Wildman–Crippen MR) is 105 cm³/mol. The molecule has 2 aromatic rings. The largest absolute Gasteiger partial charge is 0.380 e. The van der Waals surface area contributed by atoms with Gasteiger partial charge in [0.1, 0.15) is 5.76 Å². The van der Waals surface area contributed by atoms with Crippen molar-refractivity contribution < 1.29 is 14.1 Å². The summed E-state index contributed by atoms with van der Waals surface area (Å²) in [6, 6.07) is 8.82. The number of ether oxygens (including phenoxy) is 1. The molecule has 0 bridgehead atoms. The molecule has 1 atom stereocenters. The van der Waals surface area contributed by atoms with Crippen molar-refractivity contribution in [3.63, 3.8) is 0 Å². The Balaban J connectivity index is 1.71. The zero-order chi connectivity index (χ0) is 19.4. The molecule has 1 unspecified atom stereocenters. The summed E-state index contributed by atoms with van der Waals surface area (Å²) in [5, 5.41) is 4.06. The van der Waals surface area contributed by atoms with Gasteiger partial charge in [0.2, 0.25) is 5.91 Å². The normalized spacial score (nSPS) is 16.9. The summed E-state index contributed by atoms with van der Waals surface area (Å²) < 4.78 is 10.8. The fourth-order valence-electron chi connectivity index (χ4n) is 3.57. The molecule has 6 heteroatoms. The first kappa shape index (κ1) is 19.6. The number of aromatic nitrogens is 1. The molecule has 2 heterocycles. The van der Waals surface area contributed by atoms with Crippen molar-refractivity contribution in [2.75, 3.05) is 40.4 Å². The van der Waals surface area contributed by atoms with Gasteiger partial charge in [-0.2, -0.15) is 0 Å². The average Bonchev–Trinajstić information content (AvgIpc) is 3.28. The van der Waals surface area contributed by atoms with E-state index in [9.17, 15) is 4.79 Å². The van der Waals surface area contributed by atoms with Crippen LogP contribution in [-0.2, 0) is 16.0 Å². The van der Waals surface area contributed by atoms with Crippen LogP contribution in [0.15, 0.2) is 28.8 Å². The maximum Gasteiger partial charge on any atom is 0.236 e. The molecule has 146 valence electrons. The molecule has 0 spiro atoms. The SMILES string of the molecule is Cc1noc(C)c1-c1cccc(CCN(CC(=O)N(C)C)C2CCOC2)c1. The van der Waals surface area contributed by atoms with Crippen molar-refractivity contribution in [1.82, 2.24) is 15.0 Å². The van der Waals surface area contributed by atoms with E-state index >= 15 is 0 Å². The standard InChI is InChI=1S/C21H29N3O3/c1-15-21(16(2)27-22-15)18-7-5-6-17(12-18)8-10-24(13-20(25)23(3)4)19-9-11-26-14-19/h5-7,12,19H,8-11,13-14H2,1-4H3. The van der Waals surface area contributed by atoms with Gasteiger partial charge in [0.05, 0.1) is 18.8 Å². The minimum Gasteiger partial charge on any atom is -0.380 e. The van der Waals surface area contributed by atoms with Gasteiger partial charge in [0.25, 0.3) is 0 Å². The van der Waals surface area contributed by atoms with E-state index in [1.807, 2.05) is 13.8 Å². The fourth-order valence-corrected chi connectivity index (χ4v) is 3.57. The van der Waals surface area contributed by atoms with Crippen molar-refractivity contribution in [2.45, 2.75) is 32.7 Å². The zero-order valence-corrected chi connectivity index (χ0v) is 16.7. The summed E-state index contributed by atoms with van der Waals surface area (Å²) in [6.07, 6.45) is 1.87. The maximum absolute atomic E-state index is 12.2. The lowest BCUT2D eigenvalue weighted by atomic mass is 10.0. The lowest BCUT2D eigenvalue weighted by molar-refractivity contribution is -0.130. The van der Waals surface area contributed by atoms with Gasteiger partial charge in [-0.3, -0.25) is 9.69 Å². The second-order valence-electron chi connectivity index (χ2n) is 7.43. The summed E-state index contributed by atoms with van der Waals surface area (Å²) in [7, 11) is 3.61. The van der Waals surface area contributed by atoms with Crippen LogP contribution in [0.4, 0.5) is 0 Å². The third kappa shape index (κ3) is 4.76. The van der Waals surface area contributed by atoms with Crippen molar-refractivity contribution in [2.24, 2.45) is 0 Å². The van der Waals surface area contributed by atoms with Crippen LogP contribution in [0.1, 0.15) is 23.4 Å². The first-order chi connectivity index (χ1) is 13.0. The van der Waals surface area contributed by atoms with E-state index in [4.69, 9.17) is 9.26 Å². The van der Waals surface area contributed by atoms with Crippen LogP contribution in [0.5, 0.6) is 0 Å². The Morgan fingerprint density at radius 1 is 1.30 bits per heavy atom. The third-order valence-electron chi connectivity index (χ3n) is 5.20. The third-order valence-corrected chi connectivity index (χ3v) is 5.20. The Hall–Kier alpha value is -2.18. The zero-order valence-electron chi connectivity index (χ0n) is 16.7. The number of carbonyl (C=O) groups is 1. The van der Waals surface area contributed by atoms with Gasteiger partial charge in [0, 0.05) is 38.9 Å². The van der Waals surface area contributed by atoms with Gasteiger partial charge in [-0.25, -0.2) is 0 Å². The fraction of sp³-hybridized carbons (Fsp3) is 0.524. The molecular weight excluding hydrogens is 342 g/mol. The van der Waals surface area contributed by atoms with E-state index in [2.05, 4.69) is 34.3 Å². The second kappa shape index (κ2) is 8.67. The monoisotopic (exact) mass is 371 g/mol. The highest BCUT2D eigenvalue weighted by molar-refractivity contribution is 5.77. The number of hydrogen-bond acceptors (Lipinski definition) is 5. The van der Waals surface area contributed by atoms with Gasteiger partial charge in [-0.1, -0.05) is 29.4 Å². The summed E-state index contributed by atoms with van der Waals surface area (Å²) in [4.78, 5) is 16.1.